The Morgan fingerprint density at radius 3 is 2.40 bits per heavy atom. The maximum absolute atomic E-state index is 9.74. The molecule has 0 unspecified atom stereocenters. The molecule has 0 spiro atoms. The molecule has 0 atom stereocenters. The van der Waals surface area contributed by atoms with Crippen molar-refractivity contribution in [3.63, 3.8) is 0 Å². The zero-order valence-electron chi connectivity index (χ0n) is 12.4. The molecular weight excluding hydrogens is 248 g/mol. The van der Waals surface area contributed by atoms with Crippen LogP contribution < -0.4 is 0 Å². The molecule has 0 heterocycles. The van der Waals surface area contributed by atoms with Crippen LogP contribution in [0.4, 0.5) is 11.4 Å². The minimum absolute atomic E-state index is 0.0804. The van der Waals surface area contributed by atoms with E-state index in [4.69, 9.17) is 0 Å². The summed E-state index contributed by atoms with van der Waals surface area (Å²) in [5.74, 6) is 0.145. The van der Waals surface area contributed by atoms with Crippen LogP contribution in [0, 0.1) is 6.92 Å². The van der Waals surface area contributed by atoms with Crippen LogP contribution in [0.1, 0.15) is 31.9 Å². The number of hydrogen-bond donors (Lipinski definition) is 1. The van der Waals surface area contributed by atoms with Crippen LogP contribution in [-0.2, 0) is 5.41 Å². The number of phenols is 1. The van der Waals surface area contributed by atoms with Crippen LogP contribution >= 0.6 is 0 Å². The van der Waals surface area contributed by atoms with Crippen LogP contribution in [-0.4, -0.2) is 5.11 Å². The highest BCUT2D eigenvalue weighted by molar-refractivity contribution is 5.52. The van der Waals surface area contributed by atoms with Crippen LogP contribution in [0.5, 0.6) is 5.75 Å². The summed E-state index contributed by atoms with van der Waals surface area (Å²) in [5, 5.41) is 18.1. The summed E-state index contributed by atoms with van der Waals surface area (Å²) < 4.78 is 0. The number of aryl methyl sites for hydroxylation is 1. The molecule has 0 amide bonds. The molecule has 2 rings (SSSR count). The average Bonchev–Trinajstić information content (AvgIpc) is 2.39. The van der Waals surface area contributed by atoms with E-state index < -0.39 is 0 Å². The molecule has 3 heteroatoms. The first-order valence-electron chi connectivity index (χ1n) is 6.68. The van der Waals surface area contributed by atoms with Crippen LogP contribution in [0.15, 0.2) is 52.7 Å². The van der Waals surface area contributed by atoms with E-state index >= 15 is 0 Å². The Labute approximate surface area is 120 Å². The van der Waals surface area contributed by atoms with Gasteiger partial charge in [-0.2, -0.15) is 5.11 Å². The summed E-state index contributed by atoms with van der Waals surface area (Å²) in [6, 6.07) is 13.3. The van der Waals surface area contributed by atoms with Crippen LogP contribution in [0.25, 0.3) is 0 Å². The fourth-order valence-electron chi connectivity index (χ4n) is 1.86. The van der Waals surface area contributed by atoms with Gasteiger partial charge in [0.15, 0.2) is 0 Å². The average molecular weight is 268 g/mol. The molecule has 0 aliphatic carbocycles. The van der Waals surface area contributed by atoms with Crippen molar-refractivity contribution < 1.29 is 5.11 Å². The van der Waals surface area contributed by atoms with Crippen molar-refractivity contribution in [1.82, 2.24) is 0 Å². The standard InChI is InChI=1S/C17H20N2O/c1-12-8-9-16(20)15(10-12)19-18-14-7-5-6-13(11-14)17(2,3)4/h5-11,20H,1-4H3. The first-order valence-corrected chi connectivity index (χ1v) is 6.68. The zero-order chi connectivity index (χ0) is 14.8. The predicted molar refractivity (Wildman–Crippen MR) is 82.2 cm³/mol. The van der Waals surface area contributed by atoms with Gasteiger partial charge in [-0.1, -0.05) is 39.0 Å². The van der Waals surface area contributed by atoms with Crippen LogP contribution in [0.3, 0.4) is 0 Å². The molecule has 2 aromatic carbocycles. The molecular formula is C17H20N2O. The smallest absolute Gasteiger partial charge is 0.143 e. The molecule has 0 saturated carbocycles. The Balaban J connectivity index is 2.30. The van der Waals surface area contributed by atoms with E-state index in [9.17, 15) is 5.11 Å². The Kier molecular flexibility index (Phi) is 3.89. The van der Waals surface area contributed by atoms with Gasteiger partial charge in [-0.25, -0.2) is 0 Å². The van der Waals surface area contributed by atoms with Crippen molar-refractivity contribution in [2.45, 2.75) is 33.1 Å². The summed E-state index contributed by atoms with van der Waals surface area (Å²) >= 11 is 0. The van der Waals surface area contributed by atoms with Crippen molar-refractivity contribution in [2.75, 3.05) is 0 Å². The number of phenolic OH excluding ortho intramolecular Hbond substituents is 1. The first-order chi connectivity index (χ1) is 9.36. The minimum atomic E-state index is 0.0804. The molecule has 3 nitrogen and oxygen atoms in total. The lowest BCUT2D eigenvalue weighted by atomic mass is 9.87. The summed E-state index contributed by atoms with van der Waals surface area (Å²) in [6.45, 7) is 8.44. The molecule has 0 bridgehead atoms. The largest absolute Gasteiger partial charge is 0.506 e. The van der Waals surface area contributed by atoms with Gasteiger partial charge >= 0.3 is 0 Å². The number of nitrogens with zero attached hydrogens (tertiary/aromatic N) is 2. The third-order valence-electron chi connectivity index (χ3n) is 3.12. The predicted octanol–water partition coefficient (Wildman–Crippen LogP) is 5.41. The number of rotatable bonds is 2. The van der Waals surface area contributed by atoms with Gasteiger partial charge in [0.1, 0.15) is 11.4 Å². The molecule has 0 aromatic heterocycles. The summed E-state index contributed by atoms with van der Waals surface area (Å²) in [4.78, 5) is 0. The molecule has 0 aliphatic rings. The Bertz CT molecular complexity index is 640. The van der Waals surface area contributed by atoms with E-state index in [-0.39, 0.29) is 11.2 Å². The van der Waals surface area contributed by atoms with Gasteiger partial charge < -0.3 is 5.11 Å². The summed E-state index contributed by atoms with van der Waals surface area (Å²) in [5.41, 5.74) is 3.61. The molecule has 2 aromatic rings. The van der Waals surface area contributed by atoms with E-state index in [2.05, 4.69) is 37.1 Å². The third-order valence-corrected chi connectivity index (χ3v) is 3.12. The third kappa shape index (κ3) is 3.44. The van der Waals surface area contributed by atoms with E-state index in [1.54, 1.807) is 6.07 Å². The molecule has 0 saturated heterocycles. The highest BCUT2D eigenvalue weighted by Gasteiger charge is 2.13. The van der Waals surface area contributed by atoms with Crippen molar-refractivity contribution in [3.8, 4) is 5.75 Å². The first kappa shape index (κ1) is 14.3. The monoisotopic (exact) mass is 268 g/mol. The van der Waals surface area contributed by atoms with Gasteiger partial charge in [0.25, 0.3) is 0 Å². The highest BCUT2D eigenvalue weighted by atomic mass is 16.3. The maximum atomic E-state index is 9.74. The highest BCUT2D eigenvalue weighted by Crippen LogP contribution is 2.30. The van der Waals surface area contributed by atoms with Crippen molar-refractivity contribution in [1.29, 1.82) is 0 Å². The molecule has 0 aliphatic heterocycles. The summed E-state index contributed by atoms with van der Waals surface area (Å²) in [6.07, 6.45) is 0. The lowest BCUT2D eigenvalue weighted by Gasteiger charge is -2.18. The molecule has 20 heavy (non-hydrogen) atoms. The Morgan fingerprint density at radius 2 is 1.70 bits per heavy atom. The topological polar surface area (TPSA) is 45.0 Å². The lowest BCUT2D eigenvalue weighted by Crippen LogP contribution is -2.10. The van der Waals surface area contributed by atoms with Crippen molar-refractivity contribution in [3.05, 3.63) is 53.6 Å². The molecule has 0 radical (unpaired) electrons. The van der Waals surface area contributed by atoms with Gasteiger partial charge in [0.05, 0.1) is 5.69 Å². The number of aromatic hydroxyl groups is 1. The normalized spacial score (nSPS) is 12.0. The van der Waals surface area contributed by atoms with Crippen molar-refractivity contribution in [2.24, 2.45) is 10.2 Å². The molecule has 0 fully saturated rings. The summed E-state index contributed by atoms with van der Waals surface area (Å²) in [7, 11) is 0. The second kappa shape index (κ2) is 5.45. The molecule has 104 valence electrons. The quantitative estimate of drug-likeness (QED) is 0.727. The number of azo groups is 1. The number of hydrogen-bond acceptors (Lipinski definition) is 3. The Hall–Kier alpha value is -2.16. The van der Waals surface area contributed by atoms with Crippen molar-refractivity contribution >= 4 is 11.4 Å². The van der Waals surface area contributed by atoms with Gasteiger partial charge in [-0.15, -0.1) is 5.11 Å². The van der Waals surface area contributed by atoms with Gasteiger partial charge in [0, 0.05) is 0 Å². The fourth-order valence-corrected chi connectivity index (χ4v) is 1.86. The van der Waals surface area contributed by atoms with Gasteiger partial charge in [0.2, 0.25) is 0 Å². The molecule has 1 N–H and O–H groups in total. The van der Waals surface area contributed by atoms with E-state index in [0.717, 1.165) is 11.3 Å². The van der Waals surface area contributed by atoms with Gasteiger partial charge in [-0.3, -0.25) is 0 Å². The van der Waals surface area contributed by atoms with Gasteiger partial charge in [-0.05, 0) is 47.7 Å². The van der Waals surface area contributed by atoms with E-state index in [1.165, 1.54) is 5.56 Å². The van der Waals surface area contributed by atoms with Crippen LogP contribution in [0.2, 0.25) is 0 Å². The van der Waals surface area contributed by atoms with E-state index in [0.29, 0.717) is 5.69 Å². The second-order valence-electron chi connectivity index (χ2n) is 5.99. The minimum Gasteiger partial charge on any atom is -0.506 e. The van der Waals surface area contributed by atoms with E-state index in [1.807, 2.05) is 37.3 Å². The second-order valence-corrected chi connectivity index (χ2v) is 5.99. The Morgan fingerprint density at radius 1 is 0.950 bits per heavy atom. The fraction of sp³-hybridized carbons (Fsp3) is 0.294. The SMILES string of the molecule is Cc1ccc(O)c(N=Nc2cccc(C(C)(C)C)c2)c1. The maximum Gasteiger partial charge on any atom is 0.143 e. The lowest BCUT2D eigenvalue weighted by molar-refractivity contribution is 0.476. The number of benzene rings is 2. The zero-order valence-corrected chi connectivity index (χ0v) is 12.4.